The number of aryl methyl sites for hydroxylation is 2. The number of aromatic nitrogens is 5. The third-order valence-corrected chi connectivity index (χ3v) is 3.05. The molecule has 19 heavy (non-hydrogen) atoms. The molecule has 3 heterocycles. The number of hydrogen-bond donors (Lipinski definition) is 2. The van der Waals surface area contributed by atoms with Crippen LogP contribution in [0, 0.1) is 6.92 Å². The summed E-state index contributed by atoms with van der Waals surface area (Å²) in [6.45, 7) is 2.62. The molecule has 7 nitrogen and oxygen atoms in total. The Labute approximate surface area is 110 Å². The van der Waals surface area contributed by atoms with E-state index in [-0.39, 0.29) is 0 Å². The van der Waals surface area contributed by atoms with Crippen LogP contribution in [0.25, 0.3) is 5.65 Å². The molecule has 3 aromatic rings. The number of pyridine rings is 1. The Morgan fingerprint density at radius 1 is 1.32 bits per heavy atom. The fourth-order valence-corrected chi connectivity index (χ4v) is 2.00. The zero-order valence-electron chi connectivity index (χ0n) is 10.8. The Kier molecular flexibility index (Phi) is 2.59. The van der Waals surface area contributed by atoms with Crippen molar-refractivity contribution in [1.29, 1.82) is 0 Å². The highest BCUT2D eigenvalue weighted by Crippen LogP contribution is 2.16. The standard InChI is InChI=1S/C12H15N7/c1-8-3-10(19-11(4-8)15-7-17-19)14-5-9-6-16-18(2)12(9)13/h3-4,6-7,14H,5,13H2,1-2H3. The van der Waals surface area contributed by atoms with Crippen molar-refractivity contribution in [2.45, 2.75) is 13.5 Å². The monoisotopic (exact) mass is 257 g/mol. The largest absolute Gasteiger partial charge is 0.384 e. The van der Waals surface area contributed by atoms with Crippen molar-refractivity contribution < 1.29 is 0 Å². The lowest BCUT2D eigenvalue weighted by Crippen LogP contribution is -2.07. The molecule has 0 spiro atoms. The first-order valence-corrected chi connectivity index (χ1v) is 5.96. The van der Waals surface area contributed by atoms with E-state index >= 15 is 0 Å². The van der Waals surface area contributed by atoms with Gasteiger partial charge in [0.25, 0.3) is 0 Å². The van der Waals surface area contributed by atoms with Crippen molar-refractivity contribution in [3.05, 3.63) is 35.8 Å². The van der Waals surface area contributed by atoms with Gasteiger partial charge in [0.05, 0.1) is 6.20 Å². The highest BCUT2D eigenvalue weighted by atomic mass is 15.3. The summed E-state index contributed by atoms with van der Waals surface area (Å²) in [7, 11) is 1.82. The van der Waals surface area contributed by atoms with E-state index < -0.39 is 0 Å². The summed E-state index contributed by atoms with van der Waals surface area (Å²) in [5, 5.41) is 11.6. The van der Waals surface area contributed by atoms with Gasteiger partial charge in [-0.1, -0.05) is 0 Å². The third kappa shape index (κ3) is 1.99. The smallest absolute Gasteiger partial charge is 0.157 e. The molecule has 0 aliphatic carbocycles. The van der Waals surface area contributed by atoms with E-state index in [1.165, 1.54) is 0 Å². The van der Waals surface area contributed by atoms with E-state index in [2.05, 4.69) is 20.5 Å². The first-order chi connectivity index (χ1) is 9.15. The number of nitrogens with zero attached hydrogens (tertiary/aromatic N) is 5. The van der Waals surface area contributed by atoms with Crippen LogP contribution in [0.4, 0.5) is 11.6 Å². The molecule has 3 aromatic heterocycles. The van der Waals surface area contributed by atoms with Crippen LogP contribution in [-0.2, 0) is 13.6 Å². The zero-order valence-corrected chi connectivity index (χ0v) is 10.8. The topological polar surface area (TPSA) is 86.1 Å². The lowest BCUT2D eigenvalue weighted by Gasteiger charge is -2.08. The lowest BCUT2D eigenvalue weighted by molar-refractivity contribution is 0.778. The molecule has 0 amide bonds. The Balaban J connectivity index is 1.89. The maximum Gasteiger partial charge on any atom is 0.157 e. The van der Waals surface area contributed by atoms with E-state index in [4.69, 9.17) is 5.73 Å². The Hall–Kier alpha value is -2.57. The van der Waals surface area contributed by atoms with Gasteiger partial charge in [0, 0.05) is 19.2 Å². The molecule has 3 rings (SSSR count). The van der Waals surface area contributed by atoms with E-state index in [0.29, 0.717) is 12.4 Å². The second kappa shape index (κ2) is 4.27. The molecular formula is C12H15N7. The number of nitrogens with one attached hydrogen (secondary N) is 1. The fourth-order valence-electron chi connectivity index (χ4n) is 2.00. The average molecular weight is 257 g/mol. The minimum atomic E-state index is 0.595. The SMILES string of the molecule is Cc1cc(NCc2cnn(C)c2N)n2ncnc2c1. The van der Waals surface area contributed by atoms with Gasteiger partial charge >= 0.3 is 0 Å². The summed E-state index contributed by atoms with van der Waals surface area (Å²) >= 11 is 0. The van der Waals surface area contributed by atoms with Crippen molar-refractivity contribution >= 4 is 17.3 Å². The molecule has 0 saturated heterocycles. The number of nitrogen functional groups attached to an aromatic ring is 1. The maximum atomic E-state index is 5.91. The molecule has 0 atom stereocenters. The fraction of sp³-hybridized carbons (Fsp3) is 0.250. The molecular weight excluding hydrogens is 242 g/mol. The quantitative estimate of drug-likeness (QED) is 0.730. The van der Waals surface area contributed by atoms with E-state index in [9.17, 15) is 0 Å². The van der Waals surface area contributed by atoms with Crippen molar-refractivity contribution in [1.82, 2.24) is 24.4 Å². The normalized spacial score (nSPS) is 11.1. The predicted octanol–water partition coefficient (Wildman–Crippen LogP) is 0.966. The maximum absolute atomic E-state index is 5.91. The molecule has 0 bridgehead atoms. The predicted molar refractivity (Wildman–Crippen MR) is 72.7 cm³/mol. The summed E-state index contributed by atoms with van der Waals surface area (Å²) in [4.78, 5) is 4.19. The van der Waals surface area contributed by atoms with Gasteiger partial charge in [-0.25, -0.2) is 4.98 Å². The Morgan fingerprint density at radius 2 is 2.16 bits per heavy atom. The Bertz CT molecular complexity index is 725. The molecule has 0 aliphatic heterocycles. The molecule has 7 heteroatoms. The number of hydrogen-bond acceptors (Lipinski definition) is 5. The summed E-state index contributed by atoms with van der Waals surface area (Å²) in [6, 6.07) is 4.00. The number of nitrogens with two attached hydrogens (primary N) is 1. The minimum Gasteiger partial charge on any atom is -0.384 e. The molecule has 0 radical (unpaired) electrons. The van der Waals surface area contributed by atoms with Gasteiger partial charge in [-0.05, 0) is 24.6 Å². The molecule has 0 saturated carbocycles. The summed E-state index contributed by atoms with van der Waals surface area (Å²) in [5.41, 5.74) is 8.82. The zero-order chi connectivity index (χ0) is 13.4. The van der Waals surface area contributed by atoms with Crippen molar-refractivity contribution in [3.63, 3.8) is 0 Å². The first-order valence-electron chi connectivity index (χ1n) is 5.96. The summed E-state index contributed by atoms with van der Waals surface area (Å²) in [5.74, 6) is 1.55. The Morgan fingerprint density at radius 3 is 2.89 bits per heavy atom. The van der Waals surface area contributed by atoms with Gasteiger partial charge in [-0.2, -0.15) is 14.7 Å². The van der Waals surface area contributed by atoms with E-state index in [1.807, 2.05) is 26.1 Å². The van der Waals surface area contributed by atoms with Gasteiger partial charge in [0.2, 0.25) is 0 Å². The van der Waals surface area contributed by atoms with Crippen LogP contribution in [0.5, 0.6) is 0 Å². The average Bonchev–Trinajstić information content (AvgIpc) is 2.96. The number of rotatable bonds is 3. The van der Waals surface area contributed by atoms with Gasteiger partial charge in [-0.15, -0.1) is 0 Å². The second-order valence-electron chi connectivity index (χ2n) is 4.48. The molecule has 3 N–H and O–H groups in total. The highest BCUT2D eigenvalue weighted by Gasteiger charge is 2.07. The number of fused-ring (bicyclic) bond motifs is 1. The molecule has 0 aromatic carbocycles. The van der Waals surface area contributed by atoms with E-state index in [1.54, 1.807) is 21.7 Å². The van der Waals surface area contributed by atoms with Crippen LogP contribution in [0.15, 0.2) is 24.7 Å². The minimum absolute atomic E-state index is 0.595. The lowest BCUT2D eigenvalue weighted by atomic mass is 10.2. The second-order valence-corrected chi connectivity index (χ2v) is 4.48. The molecule has 0 aliphatic rings. The van der Waals surface area contributed by atoms with Crippen LogP contribution in [-0.4, -0.2) is 24.4 Å². The van der Waals surface area contributed by atoms with Crippen LogP contribution in [0.2, 0.25) is 0 Å². The van der Waals surface area contributed by atoms with Crippen molar-refractivity contribution in [2.24, 2.45) is 7.05 Å². The van der Waals surface area contributed by atoms with Gasteiger partial charge in [0.1, 0.15) is 18.0 Å². The van der Waals surface area contributed by atoms with Gasteiger partial charge in [-0.3, -0.25) is 4.68 Å². The molecule has 0 fully saturated rings. The van der Waals surface area contributed by atoms with Crippen LogP contribution >= 0.6 is 0 Å². The summed E-state index contributed by atoms with van der Waals surface area (Å²) in [6.07, 6.45) is 3.30. The van der Waals surface area contributed by atoms with Crippen molar-refractivity contribution in [3.8, 4) is 0 Å². The molecule has 0 unspecified atom stereocenters. The van der Waals surface area contributed by atoms with Gasteiger partial charge in [0.15, 0.2) is 5.65 Å². The van der Waals surface area contributed by atoms with Crippen LogP contribution in [0.1, 0.15) is 11.1 Å². The van der Waals surface area contributed by atoms with E-state index in [0.717, 1.165) is 22.6 Å². The van der Waals surface area contributed by atoms with Crippen LogP contribution in [0.3, 0.4) is 0 Å². The van der Waals surface area contributed by atoms with Gasteiger partial charge < -0.3 is 11.1 Å². The third-order valence-electron chi connectivity index (χ3n) is 3.05. The van der Waals surface area contributed by atoms with Crippen molar-refractivity contribution in [2.75, 3.05) is 11.1 Å². The first kappa shape index (κ1) is 11.5. The van der Waals surface area contributed by atoms with Crippen LogP contribution < -0.4 is 11.1 Å². The summed E-state index contributed by atoms with van der Waals surface area (Å²) < 4.78 is 3.41. The molecule has 98 valence electrons. The number of anilines is 2. The highest BCUT2D eigenvalue weighted by molar-refractivity contribution is 5.52.